The van der Waals surface area contributed by atoms with Crippen LogP contribution in [0.25, 0.3) is 0 Å². The van der Waals surface area contributed by atoms with E-state index in [0.717, 1.165) is 16.9 Å². The molecule has 1 aliphatic carbocycles. The van der Waals surface area contributed by atoms with Gasteiger partial charge in [0, 0.05) is 28.7 Å². The zero-order chi connectivity index (χ0) is 14.9. The number of aromatic nitrogens is 1. The molecule has 1 amide bonds. The van der Waals surface area contributed by atoms with Crippen molar-refractivity contribution in [2.75, 3.05) is 7.11 Å². The van der Waals surface area contributed by atoms with Crippen LogP contribution >= 0.6 is 0 Å². The first kappa shape index (κ1) is 14.2. The highest BCUT2D eigenvalue weighted by molar-refractivity contribution is 5.81. The van der Waals surface area contributed by atoms with E-state index in [1.54, 1.807) is 13.3 Å². The lowest BCUT2D eigenvalue weighted by molar-refractivity contribution is -0.497. The summed E-state index contributed by atoms with van der Waals surface area (Å²) in [6.07, 6.45) is 2.01. The molecule has 2 unspecified atom stereocenters. The Hall–Kier alpha value is -2.18. The number of nitrogens with one attached hydrogen (secondary N) is 1. The Labute approximate surface area is 116 Å². The molecule has 1 saturated carbocycles. The molecule has 0 saturated heterocycles. The van der Waals surface area contributed by atoms with Crippen LogP contribution in [0.15, 0.2) is 6.20 Å². The lowest BCUT2D eigenvalue weighted by atomic mass is 10.1. The third-order valence-corrected chi connectivity index (χ3v) is 3.54. The van der Waals surface area contributed by atoms with Gasteiger partial charge in [-0.05, 0) is 13.8 Å². The van der Waals surface area contributed by atoms with Crippen LogP contribution in [0.5, 0.6) is 5.75 Å². The maximum Gasteiger partial charge on any atom is 0.230 e. The SMILES string of the molecule is COc1c(C)cnc(CNC(=O)C2CC2[N+](=O)[O-])c1C. The summed E-state index contributed by atoms with van der Waals surface area (Å²) in [6.45, 7) is 4.02. The van der Waals surface area contributed by atoms with Gasteiger partial charge in [-0.25, -0.2) is 0 Å². The maximum atomic E-state index is 11.8. The summed E-state index contributed by atoms with van der Waals surface area (Å²) in [7, 11) is 1.59. The number of nitro groups is 1. The molecule has 0 aromatic carbocycles. The van der Waals surface area contributed by atoms with Crippen molar-refractivity contribution >= 4 is 5.91 Å². The van der Waals surface area contributed by atoms with Crippen LogP contribution in [-0.2, 0) is 11.3 Å². The molecule has 108 valence electrons. The first-order valence-corrected chi connectivity index (χ1v) is 6.36. The molecule has 0 spiro atoms. The summed E-state index contributed by atoms with van der Waals surface area (Å²) in [5.41, 5.74) is 2.50. The predicted molar refractivity (Wildman–Crippen MR) is 71.0 cm³/mol. The summed E-state index contributed by atoms with van der Waals surface area (Å²) in [4.78, 5) is 26.1. The lowest BCUT2D eigenvalue weighted by Gasteiger charge is -2.12. The number of pyridine rings is 1. The van der Waals surface area contributed by atoms with Crippen molar-refractivity contribution < 1.29 is 14.5 Å². The van der Waals surface area contributed by atoms with Gasteiger partial charge in [0.25, 0.3) is 0 Å². The maximum absolute atomic E-state index is 11.8. The molecule has 1 fully saturated rings. The van der Waals surface area contributed by atoms with Gasteiger partial charge >= 0.3 is 0 Å². The fourth-order valence-electron chi connectivity index (χ4n) is 2.25. The van der Waals surface area contributed by atoms with Gasteiger partial charge in [-0.1, -0.05) is 0 Å². The largest absolute Gasteiger partial charge is 0.496 e. The molecule has 1 heterocycles. The second-order valence-corrected chi connectivity index (χ2v) is 4.96. The Morgan fingerprint density at radius 3 is 2.85 bits per heavy atom. The number of methoxy groups -OCH3 is 1. The van der Waals surface area contributed by atoms with Crippen LogP contribution in [0, 0.1) is 29.9 Å². The van der Waals surface area contributed by atoms with Crippen molar-refractivity contribution in [1.29, 1.82) is 0 Å². The highest BCUT2D eigenvalue weighted by Crippen LogP contribution is 2.33. The molecule has 0 radical (unpaired) electrons. The molecule has 2 atom stereocenters. The molecular formula is C13H17N3O4. The molecule has 2 rings (SSSR count). The van der Waals surface area contributed by atoms with E-state index in [1.807, 2.05) is 13.8 Å². The zero-order valence-corrected chi connectivity index (χ0v) is 11.7. The van der Waals surface area contributed by atoms with E-state index in [9.17, 15) is 14.9 Å². The van der Waals surface area contributed by atoms with Gasteiger partial charge in [0.05, 0.1) is 19.3 Å². The average molecular weight is 279 g/mol. The average Bonchev–Trinajstić information content (AvgIpc) is 3.18. The number of aryl methyl sites for hydroxylation is 1. The number of ether oxygens (including phenoxy) is 1. The Kier molecular flexibility index (Phi) is 3.87. The van der Waals surface area contributed by atoms with Crippen LogP contribution in [0.3, 0.4) is 0 Å². The molecule has 7 nitrogen and oxygen atoms in total. The molecule has 0 bridgehead atoms. The van der Waals surface area contributed by atoms with E-state index in [-0.39, 0.29) is 12.5 Å². The van der Waals surface area contributed by atoms with E-state index in [0.29, 0.717) is 12.1 Å². The van der Waals surface area contributed by atoms with Crippen molar-refractivity contribution in [3.05, 3.63) is 33.1 Å². The van der Waals surface area contributed by atoms with Gasteiger partial charge in [0.1, 0.15) is 11.7 Å². The van der Waals surface area contributed by atoms with Gasteiger partial charge in [-0.2, -0.15) is 0 Å². The molecule has 0 aliphatic heterocycles. The van der Waals surface area contributed by atoms with E-state index < -0.39 is 16.9 Å². The molecular weight excluding hydrogens is 262 g/mol. The molecule has 1 aliphatic rings. The Balaban J connectivity index is 1.98. The number of nitrogens with zero attached hydrogens (tertiary/aromatic N) is 2. The zero-order valence-electron chi connectivity index (χ0n) is 11.7. The highest BCUT2D eigenvalue weighted by Gasteiger charge is 2.53. The van der Waals surface area contributed by atoms with Crippen molar-refractivity contribution in [2.24, 2.45) is 5.92 Å². The fraction of sp³-hybridized carbons (Fsp3) is 0.538. The van der Waals surface area contributed by atoms with Crippen LogP contribution in [0.4, 0.5) is 0 Å². The minimum Gasteiger partial charge on any atom is -0.496 e. The van der Waals surface area contributed by atoms with E-state index in [4.69, 9.17) is 4.74 Å². The second kappa shape index (κ2) is 5.44. The van der Waals surface area contributed by atoms with E-state index in [2.05, 4.69) is 10.3 Å². The first-order chi connectivity index (χ1) is 9.45. The van der Waals surface area contributed by atoms with Crippen molar-refractivity contribution in [3.63, 3.8) is 0 Å². The first-order valence-electron chi connectivity index (χ1n) is 6.36. The molecule has 20 heavy (non-hydrogen) atoms. The summed E-state index contributed by atoms with van der Waals surface area (Å²) in [6, 6.07) is -0.725. The molecule has 1 N–H and O–H groups in total. The van der Waals surface area contributed by atoms with E-state index in [1.165, 1.54) is 0 Å². The predicted octanol–water partition coefficient (Wildman–Crippen LogP) is 0.988. The molecule has 1 aromatic heterocycles. The number of hydrogen-bond acceptors (Lipinski definition) is 5. The molecule has 7 heteroatoms. The normalized spacial score (nSPS) is 20.4. The summed E-state index contributed by atoms with van der Waals surface area (Å²) >= 11 is 0. The number of hydrogen-bond donors (Lipinski definition) is 1. The van der Waals surface area contributed by atoms with E-state index >= 15 is 0 Å². The van der Waals surface area contributed by atoms with Gasteiger partial charge in [0.15, 0.2) is 0 Å². The summed E-state index contributed by atoms with van der Waals surface area (Å²) in [5, 5.41) is 13.2. The number of carbonyl (C=O) groups excluding carboxylic acids is 1. The van der Waals surface area contributed by atoms with Gasteiger partial charge in [-0.15, -0.1) is 0 Å². The second-order valence-electron chi connectivity index (χ2n) is 4.96. The van der Waals surface area contributed by atoms with Crippen LogP contribution in [0.1, 0.15) is 23.2 Å². The number of rotatable bonds is 5. The third-order valence-electron chi connectivity index (χ3n) is 3.54. The van der Waals surface area contributed by atoms with Crippen LogP contribution in [0.2, 0.25) is 0 Å². The highest BCUT2D eigenvalue weighted by atomic mass is 16.6. The lowest BCUT2D eigenvalue weighted by Crippen LogP contribution is -2.27. The van der Waals surface area contributed by atoms with Crippen LogP contribution in [-0.4, -0.2) is 29.0 Å². The summed E-state index contributed by atoms with van der Waals surface area (Å²) in [5.74, 6) is -0.0380. The Morgan fingerprint density at radius 1 is 1.60 bits per heavy atom. The monoisotopic (exact) mass is 279 g/mol. The van der Waals surface area contributed by atoms with Gasteiger partial charge in [-0.3, -0.25) is 19.9 Å². The quantitative estimate of drug-likeness (QED) is 0.640. The summed E-state index contributed by atoms with van der Waals surface area (Å²) < 4.78 is 5.29. The minimum absolute atomic E-state index is 0.252. The van der Waals surface area contributed by atoms with Crippen LogP contribution < -0.4 is 10.1 Å². The topological polar surface area (TPSA) is 94.4 Å². The Morgan fingerprint density at radius 2 is 2.30 bits per heavy atom. The number of carbonyl (C=O) groups is 1. The smallest absolute Gasteiger partial charge is 0.230 e. The number of amides is 1. The van der Waals surface area contributed by atoms with Gasteiger partial charge < -0.3 is 10.1 Å². The molecule has 1 aromatic rings. The Bertz CT molecular complexity index is 559. The standard InChI is InChI=1S/C13H17N3O4/c1-7-5-14-10(8(2)12(7)20-3)6-15-13(17)9-4-11(9)16(18)19/h5,9,11H,4,6H2,1-3H3,(H,15,17). The van der Waals surface area contributed by atoms with Crippen molar-refractivity contribution in [1.82, 2.24) is 10.3 Å². The van der Waals surface area contributed by atoms with Gasteiger partial charge in [0.2, 0.25) is 11.9 Å². The van der Waals surface area contributed by atoms with Crippen molar-refractivity contribution in [3.8, 4) is 5.75 Å². The third kappa shape index (κ3) is 2.71. The minimum atomic E-state index is -0.725. The van der Waals surface area contributed by atoms with Crippen molar-refractivity contribution in [2.45, 2.75) is 32.9 Å². The fourth-order valence-corrected chi connectivity index (χ4v) is 2.25.